The molecule has 2 aromatic rings. The van der Waals surface area contributed by atoms with Gasteiger partial charge in [0.15, 0.2) is 0 Å². The molecule has 0 spiro atoms. The lowest BCUT2D eigenvalue weighted by Gasteiger charge is -2.13. The van der Waals surface area contributed by atoms with Crippen molar-refractivity contribution < 1.29 is 4.79 Å². The molecule has 1 N–H and O–H groups in total. The minimum absolute atomic E-state index is 0.0922. The van der Waals surface area contributed by atoms with Crippen molar-refractivity contribution in [2.75, 3.05) is 0 Å². The fourth-order valence-corrected chi connectivity index (χ4v) is 2.61. The van der Waals surface area contributed by atoms with Crippen molar-refractivity contribution in [3.05, 3.63) is 65.0 Å². The van der Waals surface area contributed by atoms with Gasteiger partial charge in [0.2, 0.25) is 0 Å². The highest BCUT2D eigenvalue weighted by molar-refractivity contribution is 5.92. The number of nitrogens with one attached hydrogen (secondary N) is 1. The monoisotopic (exact) mass is 252 g/mol. The number of amides is 1. The van der Waals surface area contributed by atoms with E-state index in [0.717, 1.165) is 18.5 Å². The molecule has 0 saturated carbocycles. The van der Waals surface area contributed by atoms with Gasteiger partial charge in [0.1, 0.15) is 5.69 Å². The van der Waals surface area contributed by atoms with Crippen molar-refractivity contribution in [2.45, 2.75) is 25.8 Å². The maximum Gasteiger partial charge on any atom is 0.270 e. The van der Waals surface area contributed by atoms with Crippen LogP contribution in [0.1, 0.15) is 39.8 Å². The van der Waals surface area contributed by atoms with Crippen molar-refractivity contribution in [2.24, 2.45) is 0 Å². The minimum Gasteiger partial charge on any atom is -0.344 e. The fraction of sp³-hybridized carbons (Fsp3) is 0.250. The predicted octanol–water partition coefficient (Wildman–Crippen LogP) is 2.81. The Kier molecular flexibility index (Phi) is 3.03. The van der Waals surface area contributed by atoms with Crippen LogP contribution in [0.15, 0.2) is 42.5 Å². The largest absolute Gasteiger partial charge is 0.344 e. The lowest BCUT2D eigenvalue weighted by Crippen LogP contribution is -2.28. The molecule has 19 heavy (non-hydrogen) atoms. The van der Waals surface area contributed by atoms with Crippen LogP contribution in [0.3, 0.4) is 0 Å². The number of aryl methyl sites for hydroxylation is 2. The summed E-state index contributed by atoms with van der Waals surface area (Å²) in [5.74, 6) is -0.0922. The number of aromatic nitrogens is 1. The van der Waals surface area contributed by atoms with Gasteiger partial charge in [-0.3, -0.25) is 4.79 Å². The van der Waals surface area contributed by atoms with Gasteiger partial charge in [-0.15, -0.1) is 0 Å². The molecule has 0 aliphatic heterocycles. The number of nitrogens with zero attached hydrogens (tertiary/aromatic N) is 1. The second kappa shape index (κ2) is 4.84. The third kappa shape index (κ3) is 2.36. The van der Waals surface area contributed by atoms with Crippen LogP contribution >= 0.6 is 0 Å². The van der Waals surface area contributed by atoms with Crippen molar-refractivity contribution in [3.8, 4) is 0 Å². The van der Waals surface area contributed by atoms with Gasteiger partial charge in [0.25, 0.3) is 5.91 Å². The Morgan fingerprint density at radius 2 is 2.05 bits per heavy atom. The summed E-state index contributed by atoms with van der Waals surface area (Å²) in [4.78, 5) is 16.4. The summed E-state index contributed by atoms with van der Waals surface area (Å²) in [6.07, 6.45) is 2.00. The van der Waals surface area contributed by atoms with E-state index in [-0.39, 0.29) is 11.9 Å². The summed E-state index contributed by atoms with van der Waals surface area (Å²) < 4.78 is 0. The van der Waals surface area contributed by atoms with Crippen molar-refractivity contribution in [1.29, 1.82) is 0 Å². The normalized spacial score (nSPS) is 17.0. The van der Waals surface area contributed by atoms with E-state index in [1.807, 2.05) is 31.2 Å². The molecule has 1 aliphatic carbocycles. The van der Waals surface area contributed by atoms with E-state index >= 15 is 0 Å². The number of rotatable bonds is 2. The second-order valence-corrected chi connectivity index (χ2v) is 4.93. The third-order valence-electron chi connectivity index (χ3n) is 3.56. The van der Waals surface area contributed by atoms with Crippen LogP contribution in [-0.2, 0) is 6.42 Å². The molecule has 1 amide bonds. The zero-order valence-electron chi connectivity index (χ0n) is 10.9. The molecule has 1 unspecified atom stereocenters. The molecule has 0 fully saturated rings. The highest BCUT2D eigenvalue weighted by Gasteiger charge is 2.24. The van der Waals surface area contributed by atoms with E-state index in [0.29, 0.717) is 5.69 Å². The van der Waals surface area contributed by atoms with Gasteiger partial charge in [-0.25, -0.2) is 4.98 Å². The standard InChI is InChI=1S/C16H16N2O/c1-11-5-4-8-15(17-11)16(19)18-14-10-9-12-6-2-3-7-13(12)14/h2-8,14H,9-10H2,1H3,(H,18,19). The van der Waals surface area contributed by atoms with Crippen LogP contribution in [-0.4, -0.2) is 10.9 Å². The zero-order valence-corrected chi connectivity index (χ0v) is 10.9. The molecule has 0 bridgehead atoms. The van der Waals surface area contributed by atoms with Gasteiger partial charge < -0.3 is 5.32 Å². The topological polar surface area (TPSA) is 42.0 Å². The first kappa shape index (κ1) is 11.9. The lowest BCUT2D eigenvalue weighted by atomic mass is 10.1. The summed E-state index contributed by atoms with van der Waals surface area (Å²) >= 11 is 0. The van der Waals surface area contributed by atoms with Crippen molar-refractivity contribution in [1.82, 2.24) is 10.3 Å². The first-order chi connectivity index (χ1) is 9.24. The molecule has 3 nitrogen and oxygen atoms in total. The molecule has 0 saturated heterocycles. The first-order valence-corrected chi connectivity index (χ1v) is 6.56. The number of pyridine rings is 1. The van der Waals surface area contributed by atoms with Crippen LogP contribution in [0.4, 0.5) is 0 Å². The van der Waals surface area contributed by atoms with Gasteiger partial charge in [0.05, 0.1) is 6.04 Å². The molecule has 1 aliphatic rings. The highest BCUT2D eigenvalue weighted by Crippen LogP contribution is 2.30. The van der Waals surface area contributed by atoms with Gasteiger partial charge in [-0.05, 0) is 43.0 Å². The maximum absolute atomic E-state index is 12.2. The molecule has 0 radical (unpaired) electrons. The Labute approximate surface area is 112 Å². The van der Waals surface area contributed by atoms with Crippen molar-refractivity contribution >= 4 is 5.91 Å². The van der Waals surface area contributed by atoms with Gasteiger partial charge >= 0.3 is 0 Å². The SMILES string of the molecule is Cc1cccc(C(=O)NC2CCc3ccccc32)n1. The molecule has 3 rings (SSSR count). The summed E-state index contributed by atoms with van der Waals surface area (Å²) in [6, 6.07) is 13.9. The van der Waals surface area contributed by atoms with Crippen LogP contribution in [0, 0.1) is 6.92 Å². The number of carbonyl (C=O) groups excluding carboxylic acids is 1. The van der Waals surface area contributed by atoms with E-state index in [1.54, 1.807) is 6.07 Å². The van der Waals surface area contributed by atoms with E-state index in [4.69, 9.17) is 0 Å². The van der Waals surface area contributed by atoms with Crippen molar-refractivity contribution in [3.63, 3.8) is 0 Å². The molecule has 3 heteroatoms. The lowest BCUT2D eigenvalue weighted by molar-refractivity contribution is 0.0931. The summed E-state index contributed by atoms with van der Waals surface area (Å²) in [5, 5.41) is 3.08. The molecule has 1 aromatic heterocycles. The summed E-state index contributed by atoms with van der Waals surface area (Å²) in [7, 11) is 0. The Morgan fingerprint density at radius 3 is 2.89 bits per heavy atom. The van der Waals surface area contributed by atoms with Crippen LogP contribution in [0.25, 0.3) is 0 Å². The number of hydrogen-bond acceptors (Lipinski definition) is 2. The van der Waals surface area contributed by atoms with Gasteiger partial charge in [-0.1, -0.05) is 30.3 Å². The average molecular weight is 252 g/mol. The summed E-state index contributed by atoms with van der Waals surface area (Å²) in [6.45, 7) is 1.89. The molecule has 1 atom stereocenters. The van der Waals surface area contributed by atoms with Crippen LogP contribution in [0.5, 0.6) is 0 Å². The van der Waals surface area contributed by atoms with E-state index in [2.05, 4.69) is 22.4 Å². The molecule has 1 aromatic carbocycles. The number of hydrogen-bond donors (Lipinski definition) is 1. The van der Waals surface area contributed by atoms with Crippen LogP contribution in [0.2, 0.25) is 0 Å². The zero-order chi connectivity index (χ0) is 13.2. The Hall–Kier alpha value is -2.16. The minimum atomic E-state index is -0.0922. The van der Waals surface area contributed by atoms with E-state index < -0.39 is 0 Å². The smallest absolute Gasteiger partial charge is 0.270 e. The summed E-state index contributed by atoms with van der Waals surface area (Å²) in [5.41, 5.74) is 3.93. The quantitative estimate of drug-likeness (QED) is 0.893. The predicted molar refractivity (Wildman–Crippen MR) is 73.9 cm³/mol. The van der Waals surface area contributed by atoms with Gasteiger partial charge in [0, 0.05) is 5.69 Å². The van der Waals surface area contributed by atoms with E-state index in [1.165, 1.54) is 11.1 Å². The fourth-order valence-electron chi connectivity index (χ4n) is 2.61. The van der Waals surface area contributed by atoms with Crippen LogP contribution < -0.4 is 5.32 Å². The maximum atomic E-state index is 12.2. The third-order valence-corrected chi connectivity index (χ3v) is 3.56. The Bertz CT molecular complexity index is 622. The number of benzene rings is 1. The van der Waals surface area contributed by atoms with Gasteiger partial charge in [-0.2, -0.15) is 0 Å². The Morgan fingerprint density at radius 1 is 1.21 bits per heavy atom. The molecular formula is C16H16N2O. The number of carbonyl (C=O) groups is 1. The number of fused-ring (bicyclic) bond motifs is 1. The van der Waals surface area contributed by atoms with E-state index in [9.17, 15) is 4.79 Å². The first-order valence-electron chi connectivity index (χ1n) is 6.56. The Balaban J connectivity index is 1.78. The average Bonchev–Trinajstić information content (AvgIpc) is 2.82. The molecule has 1 heterocycles. The molecular weight excluding hydrogens is 236 g/mol. The second-order valence-electron chi connectivity index (χ2n) is 4.93. The highest BCUT2D eigenvalue weighted by atomic mass is 16.1. The molecule has 96 valence electrons.